The monoisotopic (exact) mass is 420 g/mol. The number of nitrogens with one attached hydrogen (secondary N) is 1. The molecule has 0 aromatic heterocycles. The Hall–Kier alpha value is -2.86. The van der Waals surface area contributed by atoms with Gasteiger partial charge in [-0.15, -0.1) is 11.8 Å². The first-order chi connectivity index (χ1) is 14.6. The first-order valence-electron chi connectivity index (χ1n) is 10.1. The molecule has 154 valence electrons. The van der Waals surface area contributed by atoms with Crippen LogP contribution in [0.3, 0.4) is 0 Å². The van der Waals surface area contributed by atoms with E-state index in [0.29, 0.717) is 17.8 Å². The highest BCUT2D eigenvalue weighted by Crippen LogP contribution is 2.44. The number of thioether (sulfide) groups is 1. The largest absolute Gasteiger partial charge is 0.465 e. The fraction of sp³-hybridized carbons (Fsp3) is 0.292. The summed E-state index contributed by atoms with van der Waals surface area (Å²) in [5.74, 6) is -0.689. The Morgan fingerprint density at radius 3 is 2.67 bits per heavy atom. The van der Waals surface area contributed by atoms with Crippen molar-refractivity contribution in [1.82, 2.24) is 5.32 Å². The Labute approximate surface area is 180 Å². The van der Waals surface area contributed by atoms with Gasteiger partial charge in [0.05, 0.1) is 18.8 Å². The average molecular weight is 421 g/mol. The highest BCUT2D eigenvalue weighted by molar-refractivity contribution is 7.98. The Kier molecular flexibility index (Phi) is 6.04. The summed E-state index contributed by atoms with van der Waals surface area (Å²) in [5, 5.41) is 2.87. The van der Waals surface area contributed by atoms with Gasteiger partial charge in [0.2, 0.25) is 5.91 Å². The number of hydrogen-bond acceptors (Lipinski definition) is 5. The number of amides is 1. The van der Waals surface area contributed by atoms with Crippen LogP contribution in [0.1, 0.15) is 30.9 Å². The third kappa shape index (κ3) is 3.92. The molecule has 2 aliphatic heterocycles. The van der Waals surface area contributed by atoms with Crippen LogP contribution in [-0.4, -0.2) is 30.7 Å². The summed E-state index contributed by atoms with van der Waals surface area (Å²) >= 11 is 1.71. The second-order valence-corrected chi connectivity index (χ2v) is 8.33. The maximum atomic E-state index is 12.9. The van der Waals surface area contributed by atoms with E-state index in [1.807, 2.05) is 43.3 Å². The fourth-order valence-corrected chi connectivity index (χ4v) is 5.13. The number of esters is 1. The second-order valence-electron chi connectivity index (χ2n) is 7.32. The quantitative estimate of drug-likeness (QED) is 0.564. The van der Waals surface area contributed by atoms with Gasteiger partial charge in [0, 0.05) is 27.9 Å². The highest BCUT2D eigenvalue weighted by atomic mass is 32.2. The van der Waals surface area contributed by atoms with E-state index >= 15 is 0 Å². The summed E-state index contributed by atoms with van der Waals surface area (Å²) in [7, 11) is 0. The molecule has 2 aliphatic rings. The standard InChI is InChI=1S/C24H24N2O3S/c1-3-29-24(28)20-15(2)26-18-13-25-23(27)22(18)21(20)17-11-7-8-12-19(17)30-14-16-9-5-4-6-10-16/h4-12,20-21H,3,13-14H2,1-2H3,(H,25,27). The Bertz CT molecular complexity index is 1030. The molecule has 0 saturated heterocycles. The molecule has 30 heavy (non-hydrogen) atoms. The zero-order valence-electron chi connectivity index (χ0n) is 17.1. The van der Waals surface area contributed by atoms with Crippen molar-refractivity contribution in [2.75, 3.05) is 13.2 Å². The number of benzene rings is 2. The maximum Gasteiger partial charge on any atom is 0.315 e. The number of carbonyl (C=O) groups is 2. The van der Waals surface area contributed by atoms with Gasteiger partial charge in [-0.2, -0.15) is 0 Å². The Balaban J connectivity index is 1.75. The Morgan fingerprint density at radius 2 is 1.90 bits per heavy atom. The van der Waals surface area contributed by atoms with E-state index in [0.717, 1.165) is 21.9 Å². The van der Waals surface area contributed by atoms with Crippen LogP contribution in [0.5, 0.6) is 0 Å². The first-order valence-corrected chi connectivity index (χ1v) is 11.1. The third-order valence-electron chi connectivity index (χ3n) is 5.41. The van der Waals surface area contributed by atoms with Crippen LogP contribution in [0.25, 0.3) is 0 Å². The minimum absolute atomic E-state index is 0.150. The molecule has 4 rings (SSSR count). The van der Waals surface area contributed by atoms with Crippen LogP contribution in [-0.2, 0) is 20.1 Å². The molecule has 0 saturated carbocycles. The van der Waals surface area contributed by atoms with E-state index in [9.17, 15) is 9.59 Å². The average Bonchev–Trinajstić information content (AvgIpc) is 3.12. The molecule has 1 amide bonds. The Morgan fingerprint density at radius 1 is 1.17 bits per heavy atom. The van der Waals surface area contributed by atoms with Crippen molar-refractivity contribution in [3.8, 4) is 0 Å². The van der Waals surface area contributed by atoms with E-state index in [-0.39, 0.29) is 18.5 Å². The first kappa shape index (κ1) is 20.4. The predicted octanol–water partition coefficient (Wildman–Crippen LogP) is 4.10. The van der Waals surface area contributed by atoms with Crippen LogP contribution in [0.2, 0.25) is 0 Å². The number of nitrogens with zero attached hydrogens (tertiary/aromatic N) is 1. The van der Waals surface area contributed by atoms with Crippen molar-refractivity contribution in [2.45, 2.75) is 30.4 Å². The van der Waals surface area contributed by atoms with E-state index in [1.165, 1.54) is 5.56 Å². The molecule has 2 unspecified atom stereocenters. The van der Waals surface area contributed by atoms with Gasteiger partial charge in [0.25, 0.3) is 0 Å². The molecule has 2 atom stereocenters. The lowest BCUT2D eigenvalue weighted by molar-refractivity contribution is -0.146. The number of rotatable bonds is 6. The van der Waals surface area contributed by atoms with Crippen LogP contribution in [0.4, 0.5) is 0 Å². The molecule has 0 aliphatic carbocycles. The van der Waals surface area contributed by atoms with Gasteiger partial charge in [-0.05, 0) is 31.0 Å². The molecular weight excluding hydrogens is 396 g/mol. The third-order valence-corrected chi connectivity index (χ3v) is 6.57. The molecule has 0 radical (unpaired) electrons. The van der Waals surface area contributed by atoms with Crippen molar-refractivity contribution in [1.29, 1.82) is 0 Å². The molecule has 0 fully saturated rings. The number of carbonyl (C=O) groups excluding carboxylic acids is 2. The minimum Gasteiger partial charge on any atom is -0.465 e. The van der Waals surface area contributed by atoms with Crippen molar-refractivity contribution in [3.05, 3.63) is 77.0 Å². The van der Waals surface area contributed by atoms with Crippen LogP contribution < -0.4 is 5.32 Å². The number of hydrogen-bond donors (Lipinski definition) is 1. The van der Waals surface area contributed by atoms with Crippen molar-refractivity contribution >= 4 is 29.4 Å². The summed E-state index contributed by atoms with van der Waals surface area (Å²) < 4.78 is 5.38. The predicted molar refractivity (Wildman–Crippen MR) is 118 cm³/mol. The summed E-state index contributed by atoms with van der Waals surface area (Å²) in [6.07, 6.45) is 0. The lowest BCUT2D eigenvalue weighted by Crippen LogP contribution is -2.36. The van der Waals surface area contributed by atoms with Crippen LogP contribution in [0.15, 0.2) is 75.8 Å². The second kappa shape index (κ2) is 8.88. The normalized spacial score (nSPS) is 20.5. The van der Waals surface area contributed by atoms with E-state index in [4.69, 9.17) is 4.74 Å². The van der Waals surface area contributed by atoms with Crippen LogP contribution in [0, 0.1) is 5.92 Å². The topological polar surface area (TPSA) is 67.8 Å². The van der Waals surface area contributed by atoms with Crippen LogP contribution >= 0.6 is 11.8 Å². The lowest BCUT2D eigenvalue weighted by atomic mass is 9.76. The van der Waals surface area contributed by atoms with Crippen molar-refractivity contribution < 1.29 is 14.3 Å². The highest BCUT2D eigenvalue weighted by Gasteiger charge is 2.45. The molecule has 1 N–H and O–H groups in total. The molecule has 2 aromatic rings. The minimum atomic E-state index is -0.606. The SMILES string of the molecule is CCOC(=O)C1C(C)=NC2=C(C(=O)NC2)C1c1ccccc1SCc1ccccc1. The smallest absolute Gasteiger partial charge is 0.315 e. The van der Waals surface area contributed by atoms with E-state index < -0.39 is 11.8 Å². The zero-order chi connectivity index (χ0) is 21.1. The van der Waals surface area contributed by atoms with E-state index in [1.54, 1.807) is 18.7 Å². The van der Waals surface area contributed by atoms with Gasteiger partial charge in [0.1, 0.15) is 5.92 Å². The molecule has 6 heteroatoms. The summed E-state index contributed by atoms with van der Waals surface area (Å²) in [5.41, 5.74) is 4.20. The molecule has 5 nitrogen and oxygen atoms in total. The molecular formula is C24H24N2O3S. The van der Waals surface area contributed by atoms with Gasteiger partial charge < -0.3 is 10.1 Å². The number of aliphatic imine (C=N–C) groups is 1. The van der Waals surface area contributed by atoms with Gasteiger partial charge in [-0.3, -0.25) is 14.6 Å². The van der Waals surface area contributed by atoms with Crippen molar-refractivity contribution in [2.24, 2.45) is 10.9 Å². The molecule has 2 heterocycles. The van der Waals surface area contributed by atoms with Gasteiger partial charge >= 0.3 is 5.97 Å². The van der Waals surface area contributed by atoms with Crippen molar-refractivity contribution in [3.63, 3.8) is 0 Å². The summed E-state index contributed by atoms with van der Waals surface area (Å²) in [4.78, 5) is 31.3. The maximum absolute atomic E-state index is 12.9. The fourth-order valence-electron chi connectivity index (χ4n) is 4.07. The van der Waals surface area contributed by atoms with Gasteiger partial charge in [-0.25, -0.2) is 0 Å². The summed E-state index contributed by atoms with van der Waals surface area (Å²) in [6, 6.07) is 18.3. The van der Waals surface area contributed by atoms with Gasteiger partial charge in [-0.1, -0.05) is 48.5 Å². The lowest BCUT2D eigenvalue weighted by Gasteiger charge is -2.31. The molecule has 0 bridgehead atoms. The van der Waals surface area contributed by atoms with Gasteiger partial charge in [0.15, 0.2) is 0 Å². The van der Waals surface area contributed by atoms with E-state index in [2.05, 4.69) is 28.5 Å². The summed E-state index contributed by atoms with van der Waals surface area (Å²) in [6.45, 7) is 4.33. The molecule has 0 spiro atoms. The number of ether oxygens (including phenoxy) is 1. The zero-order valence-corrected chi connectivity index (χ0v) is 17.9. The molecule has 2 aromatic carbocycles.